The molecule has 2 atom stereocenters. The average Bonchev–Trinajstić information content (AvgIpc) is 2.35. The fourth-order valence-electron chi connectivity index (χ4n) is 1.69. The number of aliphatic carboxylic acids is 1. The van der Waals surface area contributed by atoms with Crippen LogP contribution in [0.5, 0.6) is 0 Å². The quantitative estimate of drug-likeness (QED) is 0.710. The summed E-state index contributed by atoms with van der Waals surface area (Å²) in [6.45, 7) is 3.39. The predicted molar refractivity (Wildman–Crippen MR) is 70.6 cm³/mol. The van der Waals surface area contributed by atoms with Crippen molar-refractivity contribution in [3.63, 3.8) is 0 Å². The van der Waals surface area contributed by atoms with Crippen LogP contribution in [0.25, 0.3) is 0 Å². The second-order valence-corrected chi connectivity index (χ2v) is 4.77. The van der Waals surface area contributed by atoms with Gasteiger partial charge < -0.3 is 15.5 Å². The number of carbonyl (C=O) groups is 2. The maximum absolute atomic E-state index is 11.7. The monoisotopic (exact) mass is 265 g/mol. The lowest BCUT2D eigenvalue weighted by Gasteiger charge is -2.20. The summed E-state index contributed by atoms with van der Waals surface area (Å²) < 4.78 is 0. The van der Waals surface area contributed by atoms with Crippen molar-refractivity contribution in [2.75, 3.05) is 0 Å². The van der Waals surface area contributed by atoms with Crippen LogP contribution in [-0.2, 0) is 16.0 Å². The molecule has 1 aromatic carbocycles. The average molecular weight is 265 g/mol. The number of carbonyl (C=O) groups excluding carboxylic acids is 1. The lowest BCUT2D eigenvalue weighted by molar-refractivity contribution is -0.144. The SMILES string of the molecule is CC(C)C(NC(=O)C(O)Cc1ccccc1)C(=O)O. The van der Waals surface area contributed by atoms with Gasteiger partial charge >= 0.3 is 5.97 Å². The third kappa shape index (κ3) is 4.71. The summed E-state index contributed by atoms with van der Waals surface area (Å²) >= 11 is 0. The van der Waals surface area contributed by atoms with Crippen molar-refractivity contribution in [1.29, 1.82) is 0 Å². The normalized spacial score (nSPS) is 13.9. The Kier molecular flexibility index (Phi) is 5.51. The third-order valence-electron chi connectivity index (χ3n) is 2.81. The van der Waals surface area contributed by atoms with E-state index in [9.17, 15) is 14.7 Å². The molecule has 0 spiro atoms. The Hall–Kier alpha value is -1.88. The minimum absolute atomic E-state index is 0.164. The van der Waals surface area contributed by atoms with Gasteiger partial charge in [-0.1, -0.05) is 44.2 Å². The molecule has 0 saturated heterocycles. The Morgan fingerprint density at radius 3 is 2.26 bits per heavy atom. The second-order valence-electron chi connectivity index (χ2n) is 4.77. The molecular weight excluding hydrogens is 246 g/mol. The molecule has 19 heavy (non-hydrogen) atoms. The summed E-state index contributed by atoms with van der Waals surface area (Å²) in [6.07, 6.45) is -1.08. The maximum Gasteiger partial charge on any atom is 0.326 e. The fourth-order valence-corrected chi connectivity index (χ4v) is 1.69. The molecule has 1 aromatic rings. The maximum atomic E-state index is 11.7. The zero-order valence-corrected chi connectivity index (χ0v) is 11.0. The van der Waals surface area contributed by atoms with E-state index in [4.69, 9.17) is 5.11 Å². The van der Waals surface area contributed by atoms with Gasteiger partial charge in [0.25, 0.3) is 0 Å². The highest BCUT2D eigenvalue weighted by atomic mass is 16.4. The third-order valence-corrected chi connectivity index (χ3v) is 2.81. The Morgan fingerprint density at radius 1 is 1.21 bits per heavy atom. The molecule has 0 aromatic heterocycles. The van der Waals surface area contributed by atoms with Crippen molar-refractivity contribution in [2.24, 2.45) is 5.92 Å². The zero-order valence-electron chi connectivity index (χ0n) is 11.0. The number of aliphatic hydroxyl groups is 1. The molecule has 1 amide bonds. The standard InChI is InChI=1S/C14H19NO4/c1-9(2)12(14(18)19)15-13(17)11(16)8-10-6-4-3-5-7-10/h3-7,9,11-12,16H,8H2,1-2H3,(H,15,17)(H,18,19). The summed E-state index contributed by atoms with van der Waals surface area (Å²) in [5.41, 5.74) is 0.821. The van der Waals surface area contributed by atoms with E-state index in [1.165, 1.54) is 0 Å². The molecule has 0 fully saturated rings. The Balaban J connectivity index is 2.60. The summed E-state index contributed by atoms with van der Waals surface area (Å²) in [7, 11) is 0. The molecule has 2 unspecified atom stereocenters. The first-order valence-electron chi connectivity index (χ1n) is 6.17. The first-order valence-corrected chi connectivity index (χ1v) is 6.17. The van der Waals surface area contributed by atoms with Crippen LogP contribution in [0.2, 0.25) is 0 Å². The Bertz CT molecular complexity index is 430. The van der Waals surface area contributed by atoms with Gasteiger partial charge in [-0.05, 0) is 11.5 Å². The van der Waals surface area contributed by atoms with Crippen molar-refractivity contribution in [1.82, 2.24) is 5.32 Å². The molecule has 1 rings (SSSR count). The van der Waals surface area contributed by atoms with Crippen LogP contribution in [0.4, 0.5) is 0 Å². The van der Waals surface area contributed by atoms with E-state index in [-0.39, 0.29) is 12.3 Å². The van der Waals surface area contributed by atoms with Gasteiger partial charge in [-0.25, -0.2) is 4.79 Å². The van der Waals surface area contributed by atoms with Crippen LogP contribution in [0.15, 0.2) is 30.3 Å². The molecule has 3 N–H and O–H groups in total. The molecule has 0 bridgehead atoms. The molecule has 0 aliphatic rings. The van der Waals surface area contributed by atoms with Gasteiger partial charge in [0.1, 0.15) is 12.1 Å². The first kappa shape index (κ1) is 15.2. The second kappa shape index (κ2) is 6.89. The van der Waals surface area contributed by atoms with Crippen LogP contribution >= 0.6 is 0 Å². The lowest BCUT2D eigenvalue weighted by Crippen LogP contribution is -2.48. The minimum atomic E-state index is -1.25. The van der Waals surface area contributed by atoms with Gasteiger partial charge in [0.05, 0.1) is 0 Å². The van der Waals surface area contributed by atoms with E-state index in [2.05, 4.69) is 5.32 Å². The fraction of sp³-hybridized carbons (Fsp3) is 0.429. The minimum Gasteiger partial charge on any atom is -0.480 e. The number of hydrogen-bond donors (Lipinski definition) is 3. The zero-order chi connectivity index (χ0) is 14.4. The van der Waals surface area contributed by atoms with Crippen LogP contribution in [-0.4, -0.2) is 34.2 Å². The molecule has 0 radical (unpaired) electrons. The predicted octanol–water partition coefficient (Wildman–Crippen LogP) is 0.815. The van der Waals surface area contributed by atoms with E-state index in [1.807, 2.05) is 18.2 Å². The summed E-state index contributed by atoms with van der Waals surface area (Å²) in [4.78, 5) is 22.7. The highest BCUT2D eigenvalue weighted by molar-refractivity contribution is 5.86. The molecular formula is C14H19NO4. The topological polar surface area (TPSA) is 86.6 Å². The summed E-state index contributed by atoms with van der Waals surface area (Å²) in [5.74, 6) is -2.01. The van der Waals surface area contributed by atoms with Gasteiger partial charge in [-0.3, -0.25) is 4.79 Å². The van der Waals surface area contributed by atoms with E-state index >= 15 is 0 Å². The Labute approximate surface area is 112 Å². The van der Waals surface area contributed by atoms with Gasteiger partial charge in [0.2, 0.25) is 5.91 Å². The highest BCUT2D eigenvalue weighted by Crippen LogP contribution is 2.06. The Morgan fingerprint density at radius 2 is 1.79 bits per heavy atom. The van der Waals surface area contributed by atoms with E-state index < -0.39 is 24.0 Å². The highest BCUT2D eigenvalue weighted by Gasteiger charge is 2.26. The molecule has 0 aliphatic heterocycles. The summed E-state index contributed by atoms with van der Waals surface area (Å²) in [6, 6.07) is 8.08. The van der Waals surface area contributed by atoms with Gasteiger partial charge in [0.15, 0.2) is 0 Å². The van der Waals surface area contributed by atoms with Crippen LogP contribution in [0, 0.1) is 5.92 Å². The van der Waals surface area contributed by atoms with Crippen LogP contribution in [0.3, 0.4) is 0 Å². The number of rotatable bonds is 6. The van der Waals surface area contributed by atoms with Gasteiger partial charge in [-0.15, -0.1) is 0 Å². The number of nitrogens with one attached hydrogen (secondary N) is 1. The molecule has 0 saturated carbocycles. The van der Waals surface area contributed by atoms with Crippen molar-refractivity contribution in [3.05, 3.63) is 35.9 Å². The van der Waals surface area contributed by atoms with Crippen molar-refractivity contribution < 1.29 is 19.8 Å². The largest absolute Gasteiger partial charge is 0.480 e. The molecule has 0 heterocycles. The molecule has 5 heteroatoms. The van der Waals surface area contributed by atoms with E-state index in [0.717, 1.165) is 5.56 Å². The smallest absolute Gasteiger partial charge is 0.326 e. The van der Waals surface area contributed by atoms with E-state index in [0.29, 0.717) is 0 Å². The van der Waals surface area contributed by atoms with Crippen molar-refractivity contribution >= 4 is 11.9 Å². The summed E-state index contributed by atoms with van der Waals surface area (Å²) in [5, 5.41) is 21.1. The molecule has 104 valence electrons. The number of carboxylic acid groups (broad SMARTS) is 1. The number of carboxylic acids is 1. The molecule has 0 aliphatic carbocycles. The number of hydrogen-bond acceptors (Lipinski definition) is 3. The van der Waals surface area contributed by atoms with E-state index in [1.54, 1.807) is 26.0 Å². The van der Waals surface area contributed by atoms with Gasteiger partial charge in [-0.2, -0.15) is 0 Å². The van der Waals surface area contributed by atoms with Crippen molar-refractivity contribution in [2.45, 2.75) is 32.4 Å². The lowest BCUT2D eigenvalue weighted by atomic mass is 10.0. The van der Waals surface area contributed by atoms with Crippen molar-refractivity contribution in [3.8, 4) is 0 Å². The van der Waals surface area contributed by atoms with Crippen LogP contribution in [0.1, 0.15) is 19.4 Å². The number of benzene rings is 1. The van der Waals surface area contributed by atoms with Gasteiger partial charge in [0, 0.05) is 6.42 Å². The number of aliphatic hydroxyl groups excluding tert-OH is 1. The number of amides is 1. The van der Waals surface area contributed by atoms with Crippen LogP contribution < -0.4 is 5.32 Å². The molecule has 5 nitrogen and oxygen atoms in total. The first-order chi connectivity index (χ1) is 8.91.